The second kappa shape index (κ2) is 4.23. The number of aryl methyl sites for hydroxylation is 1. The highest BCUT2D eigenvalue weighted by molar-refractivity contribution is 5.47. The maximum atomic E-state index is 10.5. The number of nitrogens with one attached hydrogen (secondary N) is 1. The number of hydrogen-bond acceptors (Lipinski definition) is 4. The van der Waals surface area contributed by atoms with Crippen molar-refractivity contribution >= 4 is 11.5 Å². The van der Waals surface area contributed by atoms with Crippen molar-refractivity contribution in [3.63, 3.8) is 0 Å². The van der Waals surface area contributed by atoms with E-state index in [4.69, 9.17) is 6.42 Å². The van der Waals surface area contributed by atoms with Gasteiger partial charge in [0.15, 0.2) is 0 Å². The molecule has 5 heteroatoms. The predicted molar refractivity (Wildman–Crippen MR) is 53.0 cm³/mol. The highest BCUT2D eigenvalue weighted by Gasteiger charge is 2.10. The van der Waals surface area contributed by atoms with Gasteiger partial charge < -0.3 is 5.32 Å². The van der Waals surface area contributed by atoms with Crippen molar-refractivity contribution in [1.29, 1.82) is 0 Å². The monoisotopic (exact) mass is 191 g/mol. The first-order valence-electron chi connectivity index (χ1n) is 3.93. The van der Waals surface area contributed by atoms with E-state index in [0.29, 0.717) is 17.9 Å². The van der Waals surface area contributed by atoms with Gasteiger partial charge in [0.2, 0.25) is 0 Å². The Kier molecular flexibility index (Phi) is 3.02. The van der Waals surface area contributed by atoms with Gasteiger partial charge in [-0.25, -0.2) is 4.98 Å². The molecule has 14 heavy (non-hydrogen) atoms. The largest absolute Gasteiger partial charge is 0.359 e. The molecule has 0 bridgehead atoms. The second-order valence-corrected chi connectivity index (χ2v) is 2.67. The quantitative estimate of drug-likeness (QED) is 0.444. The minimum atomic E-state index is -0.465. The van der Waals surface area contributed by atoms with E-state index in [1.165, 1.54) is 6.20 Å². The van der Waals surface area contributed by atoms with Crippen molar-refractivity contribution in [3.8, 4) is 12.3 Å². The number of terminal acetylenes is 1. The van der Waals surface area contributed by atoms with E-state index < -0.39 is 4.92 Å². The zero-order valence-corrected chi connectivity index (χ0v) is 7.65. The van der Waals surface area contributed by atoms with E-state index in [2.05, 4.69) is 16.2 Å². The molecule has 0 aliphatic heterocycles. The fraction of sp³-hybridized carbons (Fsp3) is 0.222. The lowest BCUT2D eigenvalue weighted by Gasteiger charge is -2.02. The summed E-state index contributed by atoms with van der Waals surface area (Å²) in [5, 5.41) is 13.3. The first kappa shape index (κ1) is 9.99. The average Bonchev–Trinajstić information content (AvgIpc) is 2.14. The second-order valence-electron chi connectivity index (χ2n) is 2.67. The minimum absolute atomic E-state index is 0.0104. The van der Waals surface area contributed by atoms with E-state index in [1.54, 1.807) is 13.0 Å². The first-order valence-corrected chi connectivity index (χ1v) is 3.93. The Labute approximate surface area is 81.3 Å². The van der Waals surface area contributed by atoms with Gasteiger partial charge in [-0.05, 0) is 13.0 Å². The molecular weight excluding hydrogens is 182 g/mol. The summed E-state index contributed by atoms with van der Waals surface area (Å²) >= 11 is 0. The molecule has 1 rings (SSSR count). The van der Waals surface area contributed by atoms with Gasteiger partial charge in [0.1, 0.15) is 12.0 Å². The molecule has 0 amide bonds. The predicted octanol–water partition coefficient (Wildman–Crippen LogP) is 1.34. The zero-order chi connectivity index (χ0) is 10.6. The molecule has 1 N–H and O–H groups in total. The summed E-state index contributed by atoms with van der Waals surface area (Å²) in [7, 11) is 0. The Morgan fingerprint density at radius 3 is 3.00 bits per heavy atom. The molecule has 0 saturated carbocycles. The number of anilines is 1. The molecular formula is C9H9N3O2. The van der Waals surface area contributed by atoms with Crippen LogP contribution < -0.4 is 5.32 Å². The van der Waals surface area contributed by atoms with Crippen LogP contribution in [0.15, 0.2) is 12.3 Å². The molecule has 0 atom stereocenters. The maximum absolute atomic E-state index is 10.5. The molecule has 1 heterocycles. The van der Waals surface area contributed by atoms with Crippen molar-refractivity contribution in [3.05, 3.63) is 27.9 Å². The summed E-state index contributed by atoms with van der Waals surface area (Å²) in [6.07, 6.45) is 6.26. The summed E-state index contributed by atoms with van der Waals surface area (Å²) in [5.41, 5.74) is 0.570. The van der Waals surface area contributed by atoms with Crippen molar-refractivity contribution in [2.75, 3.05) is 11.9 Å². The Morgan fingerprint density at radius 1 is 1.79 bits per heavy atom. The van der Waals surface area contributed by atoms with Crippen LogP contribution in [0.25, 0.3) is 0 Å². The highest BCUT2D eigenvalue weighted by Crippen LogP contribution is 2.18. The van der Waals surface area contributed by atoms with Crippen LogP contribution in [0, 0.1) is 29.4 Å². The molecule has 0 spiro atoms. The van der Waals surface area contributed by atoms with Gasteiger partial charge in [0.25, 0.3) is 5.69 Å². The van der Waals surface area contributed by atoms with Crippen LogP contribution in [-0.2, 0) is 0 Å². The number of hydrogen-bond donors (Lipinski definition) is 1. The number of rotatable bonds is 3. The van der Waals surface area contributed by atoms with Gasteiger partial charge in [0.05, 0.1) is 11.5 Å². The van der Waals surface area contributed by atoms with Gasteiger partial charge in [-0.2, -0.15) is 0 Å². The number of aromatic nitrogens is 1. The molecule has 1 aromatic rings. The molecule has 5 nitrogen and oxygen atoms in total. The molecule has 0 saturated heterocycles. The lowest BCUT2D eigenvalue weighted by atomic mass is 10.2. The summed E-state index contributed by atoms with van der Waals surface area (Å²) < 4.78 is 0. The van der Waals surface area contributed by atoms with Crippen molar-refractivity contribution in [2.24, 2.45) is 0 Å². The molecule has 0 aromatic carbocycles. The lowest BCUT2D eigenvalue weighted by molar-refractivity contribution is -0.385. The fourth-order valence-corrected chi connectivity index (χ4v) is 0.978. The van der Waals surface area contributed by atoms with Crippen LogP contribution in [0.4, 0.5) is 11.5 Å². The van der Waals surface area contributed by atoms with Crippen LogP contribution in [-0.4, -0.2) is 16.5 Å². The van der Waals surface area contributed by atoms with Crippen molar-refractivity contribution < 1.29 is 4.92 Å². The van der Waals surface area contributed by atoms with Crippen molar-refractivity contribution in [1.82, 2.24) is 4.98 Å². The van der Waals surface area contributed by atoms with E-state index >= 15 is 0 Å². The summed E-state index contributed by atoms with van der Waals surface area (Å²) in [4.78, 5) is 13.8. The maximum Gasteiger partial charge on any atom is 0.290 e. The van der Waals surface area contributed by atoms with E-state index in [-0.39, 0.29) is 5.69 Å². The van der Waals surface area contributed by atoms with E-state index in [1.807, 2.05) is 0 Å². The van der Waals surface area contributed by atoms with E-state index in [0.717, 1.165) is 0 Å². The van der Waals surface area contributed by atoms with Gasteiger partial charge in [0, 0.05) is 5.56 Å². The summed E-state index contributed by atoms with van der Waals surface area (Å²) in [5.74, 6) is 2.94. The fourth-order valence-electron chi connectivity index (χ4n) is 0.978. The van der Waals surface area contributed by atoms with Crippen LogP contribution in [0.1, 0.15) is 5.56 Å². The van der Waals surface area contributed by atoms with Gasteiger partial charge >= 0.3 is 0 Å². The van der Waals surface area contributed by atoms with Crippen LogP contribution in [0.5, 0.6) is 0 Å². The molecule has 0 aliphatic rings. The molecule has 1 aromatic heterocycles. The SMILES string of the molecule is C#CCNc1cc(C)c([N+](=O)[O-])cn1. The minimum Gasteiger partial charge on any atom is -0.359 e. The van der Waals surface area contributed by atoms with Crippen LogP contribution >= 0.6 is 0 Å². The molecule has 0 fully saturated rings. The summed E-state index contributed by atoms with van der Waals surface area (Å²) in [6, 6.07) is 1.59. The van der Waals surface area contributed by atoms with E-state index in [9.17, 15) is 10.1 Å². The van der Waals surface area contributed by atoms with Gasteiger partial charge in [-0.15, -0.1) is 6.42 Å². The number of pyridine rings is 1. The third-order valence-electron chi connectivity index (χ3n) is 1.65. The Balaban J connectivity index is 2.90. The van der Waals surface area contributed by atoms with Crippen LogP contribution in [0.3, 0.4) is 0 Å². The zero-order valence-electron chi connectivity index (χ0n) is 7.65. The Hall–Kier alpha value is -2.09. The normalized spacial score (nSPS) is 9.14. The molecule has 0 aliphatic carbocycles. The standard InChI is InChI=1S/C9H9N3O2/c1-3-4-10-9-5-7(2)8(6-11-9)12(13)14/h1,5-6H,4H2,2H3,(H,10,11). The Bertz CT molecular complexity index is 396. The molecule has 0 unspecified atom stereocenters. The Morgan fingerprint density at radius 2 is 2.50 bits per heavy atom. The first-order chi connectivity index (χ1) is 6.65. The van der Waals surface area contributed by atoms with Gasteiger partial charge in [-0.1, -0.05) is 5.92 Å². The topological polar surface area (TPSA) is 68.1 Å². The highest BCUT2D eigenvalue weighted by atomic mass is 16.6. The van der Waals surface area contributed by atoms with Crippen molar-refractivity contribution in [2.45, 2.75) is 6.92 Å². The number of nitro groups is 1. The molecule has 0 radical (unpaired) electrons. The van der Waals surface area contributed by atoms with Gasteiger partial charge in [-0.3, -0.25) is 10.1 Å². The lowest BCUT2D eigenvalue weighted by Crippen LogP contribution is -2.02. The third kappa shape index (κ3) is 2.20. The van der Waals surface area contributed by atoms with Crippen LogP contribution in [0.2, 0.25) is 0 Å². The smallest absolute Gasteiger partial charge is 0.290 e. The third-order valence-corrected chi connectivity index (χ3v) is 1.65. The summed E-state index contributed by atoms with van der Waals surface area (Å²) in [6.45, 7) is 2.01. The average molecular weight is 191 g/mol. The number of nitrogens with zero attached hydrogens (tertiary/aromatic N) is 2. The molecule has 72 valence electrons.